The quantitative estimate of drug-likeness (QED) is 0.491. The number of nitrogens with one attached hydrogen (secondary N) is 1. The van der Waals surface area contributed by atoms with Gasteiger partial charge in [0, 0.05) is 6.07 Å². The fourth-order valence-corrected chi connectivity index (χ4v) is 1.79. The molecule has 0 aliphatic carbocycles. The Morgan fingerprint density at radius 1 is 1.47 bits per heavy atom. The number of piperazine rings is 1. The van der Waals surface area contributed by atoms with E-state index >= 15 is 0 Å². The monoisotopic (exact) mass is 210 g/mol. The Bertz CT molecular complexity index is 363. The van der Waals surface area contributed by atoms with Gasteiger partial charge in [0.05, 0.1) is 11.1 Å². The van der Waals surface area contributed by atoms with E-state index in [1.807, 2.05) is 4.90 Å². The summed E-state index contributed by atoms with van der Waals surface area (Å²) in [6, 6.07) is 3.18. The van der Waals surface area contributed by atoms with Gasteiger partial charge in [0.15, 0.2) is 0 Å². The van der Waals surface area contributed by atoms with Crippen LogP contribution in [-0.2, 0) is 0 Å². The van der Waals surface area contributed by atoms with Crippen molar-refractivity contribution in [3.8, 4) is 0 Å². The molecule has 0 spiro atoms. The molecule has 0 radical (unpaired) electrons. The van der Waals surface area contributed by atoms with Crippen LogP contribution in [0.15, 0.2) is 18.3 Å². The highest BCUT2D eigenvalue weighted by Gasteiger charge is 2.29. The summed E-state index contributed by atoms with van der Waals surface area (Å²) in [5.41, 5.74) is 0.152. The van der Waals surface area contributed by atoms with Crippen molar-refractivity contribution in [2.24, 2.45) is 0 Å². The van der Waals surface area contributed by atoms with Crippen molar-refractivity contribution < 1.29 is 15.2 Å². The number of aromatic nitrogens is 1. The Morgan fingerprint density at radius 2 is 2.20 bits per heavy atom. The molecule has 0 bridgehead atoms. The summed E-state index contributed by atoms with van der Waals surface area (Å²) < 4.78 is 0. The highest BCUT2D eigenvalue weighted by Crippen LogP contribution is 2.21. The van der Waals surface area contributed by atoms with E-state index in [4.69, 9.17) is 0 Å². The van der Waals surface area contributed by atoms with E-state index in [9.17, 15) is 10.1 Å². The molecule has 2 heterocycles. The van der Waals surface area contributed by atoms with Crippen LogP contribution in [0.5, 0.6) is 0 Å². The molecule has 6 nitrogen and oxygen atoms in total. The Hall–Kier alpha value is -1.69. The molecule has 1 fully saturated rings. The molecule has 1 aromatic heterocycles. The van der Waals surface area contributed by atoms with Gasteiger partial charge in [0.25, 0.3) is 0 Å². The number of anilines is 1. The minimum absolute atomic E-state index is 0.152. The van der Waals surface area contributed by atoms with Crippen molar-refractivity contribution in [2.75, 3.05) is 31.1 Å². The van der Waals surface area contributed by atoms with Crippen LogP contribution >= 0.6 is 0 Å². The van der Waals surface area contributed by atoms with Gasteiger partial charge in [-0.15, -0.1) is 0 Å². The van der Waals surface area contributed by atoms with Crippen LogP contribution in [-0.4, -0.2) is 31.1 Å². The maximum Gasteiger partial charge on any atom is 0.357 e. The highest BCUT2D eigenvalue weighted by molar-refractivity contribution is 5.53. The average Bonchev–Trinajstić information content (AvgIpc) is 2.30. The number of nitro groups is 1. The first kappa shape index (κ1) is 9.85. The lowest BCUT2D eigenvalue weighted by Crippen LogP contribution is -2.90. The third-order valence-corrected chi connectivity index (χ3v) is 2.53. The normalized spacial score (nSPS) is 16.4. The van der Waals surface area contributed by atoms with E-state index in [1.54, 1.807) is 12.3 Å². The number of nitrogens with two attached hydrogens (primary N) is 1. The summed E-state index contributed by atoms with van der Waals surface area (Å²) in [6.07, 6.45) is 1.72. The SMILES string of the molecule is O=[N+]([O-])c1ccc[nH+]c1N1CC[NH2+]CC1. The van der Waals surface area contributed by atoms with Gasteiger partial charge in [-0.3, -0.25) is 10.1 Å². The first-order chi connectivity index (χ1) is 7.29. The number of hydrogen-bond acceptors (Lipinski definition) is 3. The lowest BCUT2D eigenvalue weighted by molar-refractivity contribution is -0.656. The third-order valence-electron chi connectivity index (χ3n) is 2.53. The van der Waals surface area contributed by atoms with Crippen LogP contribution in [0, 0.1) is 10.1 Å². The fourth-order valence-electron chi connectivity index (χ4n) is 1.79. The molecule has 15 heavy (non-hydrogen) atoms. The molecule has 2 rings (SSSR count). The molecule has 80 valence electrons. The maximum absolute atomic E-state index is 10.8. The summed E-state index contributed by atoms with van der Waals surface area (Å²) in [4.78, 5) is 15.5. The van der Waals surface area contributed by atoms with Crippen LogP contribution in [0.2, 0.25) is 0 Å². The summed E-state index contributed by atoms with van der Waals surface area (Å²) >= 11 is 0. The predicted molar refractivity (Wildman–Crippen MR) is 53.5 cm³/mol. The Balaban J connectivity index is 2.29. The average molecular weight is 210 g/mol. The Kier molecular flexibility index (Phi) is 2.77. The van der Waals surface area contributed by atoms with Gasteiger partial charge in [-0.2, -0.15) is 0 Å². The molecule has 0 amide bonds. The lowest BCUT2D eigenvalue weighted by Gasteiger charge is -2.18. The molecule has 3 N–H and O–H groups in total. The molecule has 1 aliphatic heterocycles. The van der Waals surface area contributed by atoms with E-state index in [0.717, 1.165) is 26.2 Å². The minimum atomic E-state index is -0.343. The molecule has 1 aromatic rings. The second-order valence-electron chi connectivity index (χ2n) is 3.51. The number of quaternary nitrogens is 1. The Morgan fingerprint density at radius 3 is 2.87 bits per heavy atom. The summed E-state index contributed by atoms with van der Waals surface area (Å²) in [6.45, 7) is 3.67. The fraction of sp³-hybridized carbons (Fsp3) is 0.444. The van der Waals surface area contributed by atoms with Crippen LogP contribution in [0.1, 0.15) is 0 Å². The third kappa shape index (κ3) is 2.04. The van der Waals surface area contributed by atoms with E-state index in [1.165, 1.54) is 6.07 Å². The second kappa shape index (κ2) is 4.22. The number of nitrogens with zero attached hydrogens (tertiary/aromatic N) is 2. The summed E-state index contributed by atoms with van der Waals surface area (Å²) in [5, 5.41) is 13.0. The second-order valence-corrected chi connectivity index (χ2v) is 3.51. The topological polar surface area (TPSA) is 77.1 Å². The number of aromatic amines is 1. The first-order valence-electron chi connectivity index (χ1n) is 5.01. The van der Waals surface area contributed by atoms with Gasteiger partial charge in [-0.25, -0.2) is 9.88 Å². The molecule has 1 saturated heterocycles. The molecule has 0 saturated carbocycles. The molecule has 0 unspecified atom stereocenters. The minimum Gasteiger partial charge on any atom is -0.340 e. The zero-order valence-electron chi connectivity index (χ0n) is 8.35. The summed E-state index contributed by atoms with van der Waals surface area (Å²) in [5.74, 6) is 0.621. The molecule has 0 aromatic carbocycles. The largest absolute Gasteiger partial charge is 0.357 e. The van der Waals surface area contributed by atoms with Gasteiger partial charge in [0.1, 0.15) is 26.2 Å². The van der Waals surface area contributed by atoms with Gasteiger partial charge < -0.3 is 5.32 Å². The van der Waals surface area contributed by atoms with Gasteiger partial charge in [-0.05, 0) is 6.07 Å². The van der Waals surface area contributed by atoms with Crippen LogP contribution in [0.3, 0.4) is 0 Å². The molecular formula is C9H14N4O2+2. The molecule has 6 heteroatoms. The van der Waals surface area contributed by atoms with E-state index < -0.39 is 0 Å². The lowest BCUT2D eigenvalue weighted by atomic mass is 10.3. The number of H-pyrrole nitrogens is 1. The van der Waals surface area contributed by atoms with E-state index in [0.29, 0.717) is 5.82 Å². The van der Waals surface area contributed by atoms with Crippen molar-refractivity contribution in [1.82, 2.24) is 0 Å². The van der Waals surface area contributed by atoms with Gasteiger partial charge in [0.2, 0.25) is 0 Å². The maximum atomic E-state index is 10.8. The van der Waals surface area contributed by atoms with Crippen molar-refractivity contribution >= 4 is 11.5 Å². The summed E-state index contributed by atoms with van der Waals surface area (Å²) in [7, 11) is 0. The van der Waals surface area contributed by atoms with Crippen LogP contribution in [0.25, 0.3) is 0 Å². The van der Waals surface area contributed by atoms with Crippen molar-refractivity contribution in [2.45, 2.75) is 0 Å². The first-order valence-corrected chi connectivity index (χ1v) is 5.01. The zero-order chi connectivity index (χ0) is 10.7. The highest BCUT2D eigenvalue weighted by atomic mass is 16.6. The molecule has 1 aliphatic rings. The van der Waals surface area contributed by atoms with Crippen LogP contribution < -0.4 is 15.2 Å². The van der Waals surface area contributed by atoms with E-state index in [2.05, 4.69) is 10.3 Å². The molecule has 0 atom stereocenters. The van der Waals surface area contributed by atoms with Crippen molar-refractivity contribution in [1.29, 1.82) is 0 Å². The van der Waals surface area contributed by atoms with E-state index in [-0.39, 0.29) is 10.6 Å². The zero-order valence-corrected chi connectivity index (χ0v) is 8.35. The van der Waals surface area contributed by atoms with Gasteiger partial charge in [-0.1, -0.05) is 0 Å². The number of rotatable bonds is 2. The molecular weight excluding hydrogens is 196 g/mol. The standard InChI is InChI=1S/C9H12N4O2/c14-13(15)8-2-1-3-11-9(8)12-6-4-10-5-7-12/h1-3,10H,4-7H2/p+2. The predicted octanol–water partition coefficient (Wildman–Crippen LogP) is -1.21. The van der Waals surface area contributed by atoms with Crippen molar-refractivity contribution in [3.63, 3.8) is 0 Å². The number of pyridine rings is 1. The Labute approximate surface area is 87.1 Å². The van der Waals surface area contributed by atoms with Crippen molar-refractivity contribution in [3.05, 3.63) is 28.4 Å². The number of hydrogen-bond donors (Lipinski definition) is 1. The smallest absolute Gasteiger partial charge is 0.340 e. The van der Waals surface area contributed by atoms with Crippen LogP contribution in [0.4, 0.5) is 11.5 Å². The van der Waals surface area contributed by atoms with Gasteiger partial charge >= 0.3 is 11.5 Å².